The van der Waals surface area contributed by atoms with Crippen molar-refractivity contribution in [3.8, 4) is 0 Å². The minimum atomic E-state index is -1.22. The number of ether oxygens (including phenoxy) is 1. The van der Waals surface area contributed by atoms with Gasteiger partial charge in [-0.2, -0.15) is 0 Å². The molecule has 0 spiro atoms. The highest BCUT2D eigenvalue weighted by molar-refractivity contribution is 6.50. The van der Waals surface area contributed by atoms with Gasteiger partial charge in [-0.25, -0.2) is 0 Å². The summed E-state index contributed by atoms with van der Waals surface area (Å²) in [6.07, 6.45) is 0.266. The van der Waals surface area contributed by atoms with Crippen LogP contribution in [0, 0.1) is 22.7 Å². The first-order valence-corrected chi connectivity index (χ1v) is 9.40. The van der Waals surface area contributed by atoms with Gasteiger partial charge in [-0.1, -0.05) is 27.2 Å². The molecular formula is C20H26O6. The zero-order valence-electron chi connectivity index (χ0n) is 15.4. The summed E-state index contributed by atoms with van der Waals surface area (Å²) in [5.41, 5.74) is -1.05. The first-order valence-electron chi connectivity index (χ1n) is 9.40. The van der Waals surface area contributed by atoms with Crippen LogP contribution >= 0.6 is 0 Å². The van der Waals surface area contributed by atoms with Gasteiger partial charge in [0.2, 0.25) is 11.6 Å². The van der Waals surface area contributed by atoms with Crippen molar-refractivity contribution in [2.45, 2.75) is 58.8 Å². The summed E-state index contributed by atoms with van der Waals surface area (Å²) in [7, 11) is 0. The summed E-state index contributed by atoms with van der Waals surface area (Å²) in [5, 5.41) is 32.4. The van der Waals surface area contributed by atoms with Crippen LogP contribution in [0.1, 0.15) is 46.5 Å². The van der Waals surface area contributed by atoms with Crippen molar-refractivity contribution in [2.24, 2.45) is 22.7 Å². The van der Waals surface area contributed by atoms with E-state index >= 15 is 0 Å². The number of aliphatic hydroxyl groups is 3. The van der Waals surface area contributed by atoms with Crippen molar-refractivity contribution in [1.29, 1.82) is 0 Å². The normalized spacial score (nSPS) is 42.9. The molecule has 1 aliphatic heterocycles. The minimum Gasteiger partial charge on any atom is -0.507 e. The molecule has 0 unspecified atom stereocenters. The van der Waals surface area contributed by atoms with Crippen LogP contribution in [0.4, 0.5) is 0 Å². The number of Topliss-reactive ketones (excluding diaryl/α,β-unsaturated/α-hetero) is 2. The number of aliphatic hydroxyl groups excluding tert-OH is 3. The standard InChI is InChI=1S/C20H26O6/c1-9(2)12-15(22)13-10(21)7-11-19(3)5-4-6-20(11,18(25)26-8-19)14(13)17(24)16(12)23/h9-11,18,21-22,25H,4-8H2,1-3H3/t10-,11+,18-,19+,20-/m1/s1. The number of rotatable bonds is 1. The minimum absolute atomic E-state index is 0.0486. The first-order chi connectivity index (χ1) is 12.1. The van der Waals surface area contributed by atoms with Gasteiger partial charge in [0.05, 0.1) is 18.1 Å². The molecule has 6 heteroatoms. The Labute approximate surface area is 152 Å². The van der Waals surface area contributed by atoms with Gasteiger partial charge in [0, 0.05) is 16.7 Å². The molecule has 3 aliphatic carbocycles. The lowest BCUT2D eigenvalue weighted by molar-refractivity contribution is -0.278. The molecule has 0 amide bonds. The van der Waals surface area contributed by atoms with E-state index in [1.807, 2.05) is 0 Å². The Morgan fingerprint density at radius 2 is 1.85 bits per heavy atom. The molecule has 2 fully saturated rings. The fourth-order valence-electron chi connectivity index (χ4n) is 5.95. The Bertz CT molecular complexity index is 762. The maximum atomic E-state index is 13.1. The first kappa shape index (κ1) is 17.9. The van der Waals surface area contributed by atoms with Crippen LogP contribution in [0.2, 0.25) is 0 Å². The molecule has 0 aromatic heterocycles. The van der Waals surface area contributed by atoms with Gasteiger partial charge in [0.1, 0.15) is 5.76 Å². The number of hydrogen-bond acceptors (Lipinski definition) is 6. The smallest absolute Gasteiger partial charge is 0.233 e. The van der Waals surface area contributed by atoms with Gasteiger partial charge in [-0.05, 0) is 36.5 Å². The molecular weight excluding hydrogens is 336 g/mol. The van der Waals surface area contributed by atoms with Crippen LogP contribution in [0.5, 0.6) is 0 Å². The molecule has 4 aliphatic rings. The summed E-state index contributed by atoms with van der Waals surface area (Å²) >= 11 is 0. The highest BCUT2D eigenvalue weighted by Crippen LogP contribution is 2.65. The van der Waals surface area contributed by atoms with E-state index in [1.54, 1.807) is 13.8 Å². The summed E-state index contributed by atoms with van der Waals surface area (Å²) < 4.78 is 5.66. The fraction of sp³-hybridized carbons (Fsp3) is 0.700. The number of carbonyl (C=O) groups excluding carboxylic acids is 2. The molecule has 4 rings (SSSR count). The summed E-state index contributed by atoms with van der Waals surface area (Å²) in [5.74, 6) is -2.24. The highest BCUT2D eigenvalue weighted by Gasteiger charge is 2.66. The molecule has 0 aromatic rings. The van der Waals surface area contributed by atoms with Gasteiger partial charge in [-0.3, -0.25) is 9.59 Å². The number of ketones is 2. The van der Waals surface area contributed by atoms with Crippen molar-refractivity contribution in [3.63, 3.8) is 0 Å². The topological polar surface area (TPSA) is 104 Å². The zero-order chi connectivity index (χ0) is 19.0. The Kier molecular flexibility index (Phi) is 3.79. The molecule has 26 heavy (non-hydrogen) atoms. The maximum Gasteiger partial charge on any atom is 0.233 e. The molecule has 2 bridgehead atoms. The summed E-state index contributed by atoms with van der Waals surface area (Å²) in [4.78, 5) is 25.9. The molecule has 3 N–H and O–H groups in total. The van der Waals surface area contributed by atoms with Gasteiger partial charge >= 0.3 is 0 Å². The van der Waals surface area contributed by atoms with Gasteiger partial charge < -0.3 is 20.1 Å². The third kappa shape index (κ3) is 1.98. The molecule has 142 valence electrons. The lowest BCUT2D eigenvalue weighted by Gasteiger charge is -2.62. The third-order valence-electron chi connectivity index (χ3n) is 7.11. The van der Waals surface area contributed by atoms with E-state index in [0.29, 0.717) is 19.4 Å². The van der Waals surface area contributed by atoms with E-state index in [2.05, 4.69) is 6.92 Å². The van der Waals surface area contributed by atoms with Crippen LogP contribution in [-0.2, 0) is 14.3 Å². The average Bonchev–Trinajstić information content (AvgIpc) is 2.56. The second-order valence-corrected chi connectivity index (χ2v) is 8.88. The number of allylic oxidation sites excluding steroid dienone is 1. The van der Waals surface area contributed by atoms with Crippen LogP contribution in [0.3, 0.4) is 0 Å². The Balaban J connectivity index is 2.02. The summed E-state index contributed by atoms with van der Waals surface area (Å²) in [6.45, 7) is 5.88. The van der Waals surface area contributed by atoms with E-state index in [9.17, 15) is 24.9 Å². The predicted molar refractivity (Wildman–Crippen MR) is 92.0 cm³/mol. The van der Waals surface area contributed by atoms with Gasteiger partial charge in [-0.15, -0.1) is 0 Å². The Hall–Kier alpha value is -1.50. The molecule has 1 saturated carbocycles. The van der Waals surface area contributed by atoms with E-state index in [4.69, 9.17) is 4.74 Å². The van der Waals surface area contributed by atoms with Crippen molar-refractivity contribution >= 4 is 11.6 Å². The Morgan fingerprint density at radius 1 is 1.15 bits per heavy atom. The number of hydrogen-bond donors (Lipinski definition) is 3. The van der Waals surface area contributed by atoms with Crippen LogP contribution in [-0.4, -0.2) is 45.9 Å². The van der Waals surface area contributed by atoms with Crippen molar-refractivity contribution < 1.29 is 29.6 Å². The Morgan fingerprint density at radius 3 is 2.50 bits per heavy atom. The van der Waals surface area contributed by atoms with Gasteiger partial charge in [0.25, 0.3) is 0 Å². The lowest BCUT2D eigenvalue weighted by Crippen LogP contribution is -2.64. The largest absolute Gasteiger partial charge is 0.507 e. The van der Waals surface area contributed by atoms with Gasteiger partial charge in [0.15, 0.2) is 6.29 Å². The van der Waals surface area contributed by atoms with E-state index in [-0.39, 0.29) is 39.7 Å². The molecule has 6 nitrogen and oxygen atoms in total. The van der Waals surface area contributed by atoms with E-state index in [0.717, 1.165) is 12.8 Å². The molecule has 1 heterocycles. The quantitative estimate of drug-likeness (QED) is 0.485. The fourth-order valence-corrected chi connectivity index (χ4v) is 5.95. The summed E-state index contributed by atoms with van der Waals surface area (Å²) in [6, 6.07) is 0. The SMILES string of the molecule is CC(C)C1=C(O)C2=C(C(=O)C1=O)[C@]13CCC[C@@](C)(CO[C@H]1O)[C@@H]3C[C@H]2O. The second-order valence-electron chi connectivity index (χ2n) is 8.88. The third-order valence-corrected chi connectivity index (χ3v) is 7.11. The average molecular weight is 362 g/mol. The monoisotopic (exact) mass is 362 g/mol. The van der Waals surface area contributed by atoms with Crippen LogP contribution in [0.25, 0.3) is 0 Å². The predicted octanol–water partition coefficient (Wildman–Crippen LogP) is 1.81. The van der Waals surface area contributed by atoms with E-state index < -0.39 is 29.4 Å². The van der Waals surface area contributed by atoms with Crippen molar-refractivity contribution in [2.75, 3.05) is 6.61 Å². The van der Waals surface area contributed by atoms with Crippen molar-refractivity contribution in [1.82, 2.24) is 0 Å². The van der Waals surface area contributed by atoms with Crippen LogP contribution in [0.15, 0.2) is 22.5 Å². The molecule has 1 saturated heterocycles. The lowest BCUT2D eigenvalue weighted by atomic mass is 9.46. The van der Waals surface area contributed by atoms with Crippen molar-refractivity contribution in [3.05, 3.63) is 22.5 Å². The maximum absolute atomic E-state index is 13.1. The molecule has 0 radical (unpaired) electrons. The molecule has 5 atom stereocenters. The van der Waals surface area contributed by atoms with Crippen LogP contribution < -0.4 is 0 Å². The molecule has 0 aromatic carbocycles. The number of carbonyl (C=O) groups is 2. The highest BCUT2D eigenvalue weighted by atomic mass is 16.6. The van der Waals surface area contributed by atoms with E-state index in [1.165, 1.54) is 0 Å². The zero-order valence-corrected chi connectivity index (χ0v) is 15.4. The second kappa shape index (κ2) is 5.50.